The van der Waals surface area contributed by atoms with Gasteiger partial charge >= 0.3 is 0 Å². The molecule has 1 spiro atoms. The monoisotopic (exact) mass is 496 g/mol. The highest BCUT2D eigenvalue weighted by Gasteiger charge is 2.57. The number of ether oxygens (including phenoxy) is 2. The first-order valence-electron chi connectivity index (χ1n) is 11.2. The number of halogens is 2. The van der Waals surface area contributed by atoms with Crippen LogP contribution in [0.5, 0.6) is 11.5 Å². The summed E-state index contributed by atoms with van der Waals surface area (Å²) in [6.07, 6.45) is 4.31. The van der Waals surface area contributed by atoms with E-state index in [2.05, 4.69) is 22.0 Å². The predicted octanol–water partition coefficient (Wildman–Crippen LogP) is 3.92. The lowest BCUT2D eigenvalue weighted by atomic mass is 9.85. The van der Waals surface area contributed by atoms with Crippen LogP contribution < -0.4 is 19.7 Å². The van der Waals surface area contributed by atoms with Crippen molar-refractivity contribution in [1.29, 1.82) is 0 Å². The number of pyridine rings is 1. The van der Waals surface area contributed by atoms with Gasteiger partial charge in [0.05, 0.1) is 25.3 Å². The number of benzene rings is 1. The summed E-state index contributed by atoms with van der Waals surface area (Å²) >= 11 is 0. The Kier molecular flexibility index (Phi) is 6.62. The average Bonchev–Trinajstić information content (AvgIpc) is 3.68. The van der Waals surface area contributed by atoms with E-state index in [9.17, 15) is 9.59 Å². The van der Waals surface area contributed by atoms with Crippen molar-refractivity contribution in [2.24, 2.45) is 10.4 Å². The molecule has 1 aliphatic heterocycles. The number of nitrogens with zero attached hydrogens (tertiary/aromatic N) is 3. The van der Waals surface area contributed by atoms with E-state index < -0.39 is 28.6 Å². The highest BCUT2D eigenvalue weighted by Crippen LogP contribution is 2.58. The summed E-state index contributed by atoms with van der Waals surface area (Å²) in [5, 5.41) is 2.51. The number of aromatic nitrogens is 1. The molecule has 36 heavy (non-hydrogen) atoms. The van der Waals surface area contributed by atoms with E-state index in [1.165, 1.54) is 27.5 Å². The Balaban J connectivity index is 1.77. The SMILES string of the molecule is C=N/C(=C\C1=C(C)CN(c2c(F)c(OC)cc(OC)c2F)C(=O)C12CC2)c1ccc(C(=O)NC)nc1. The minimum absolute atomic E-state index is 0.0329. The molecule has 0 atom stereocenters. The van der Waals surface area contributed by atoms with Gasteiger partial charge in [0.15, 0.2) is 23.1 Å². The van der Waals surface area contributed by atoms with Crippen LogP contribution in [0.25, 0.3) is 5.70 Å². The molecule has 1 saturated carbocycles. The van der Waals surface area contributed by atoms with Crippen LogP contribution in [0.15, 0.2) is 46.6 Å². The van der Waals surface area contributed by atoms with E-state index in [0.717, 1.165) is 22.1 Å². The Morgan fingerprint density at radius 2 is 1.86 bits per heavy atom. The zero-order valence-corrected chi connectivity index (χ0v) is 20.4. The van der Waals surface area contributed by atoms with Crippen molar-refractivity contribution in [2.75, 3.05) is 32.7 Å². The fourth-order valence-corrected chi connectivity index (χ4v) is 4.50. The zero-order chi connectivity index (χ0) is 26.2. The summed E-state index contributed by atoms with van der Waals surface area (Å²) in [4.78, 5) is 34.9. The Hall–Kier alpha value is -4.08. The molecule has 2 amide bonds. The summed E-state index contributed by atoms with van der Waals surface area (Å²) in [6, 6.07) is 4.37. The van der Waals surface area contributed by atoms with Gasteiger partial charge in [-0.05, 0) is 55.8 Å². The number of nitrogens with one attached hydrogen (secondary N) is 1. The Morgan fingerprint density at radius 3 is 2.33 bits per heavy atom. The third kappa shape index (κ3) is 4.02. The molecular weight excluding hydrogens is 470 g/mol. The largest absolute Gasteiger partial charge is 0.493 e. The third-order valence-electron chi connectivity index (χ3n) is 6.57. The van der Waals surface area contributed by atoms with Crippen LogP contribution in [0.4, 0.5) is 14.5 Å². The van der Waals surface area contributed by atoms with Gasteiger partial charge in [0, 0.05) is 31.4 Å². The van der Waals surface area contributed by atoms with Crippen molar-refractivity contribution < 1.29 is 27.8 Å². The van der Waals surface area contributed by atoms with Crippen molar-refractivity contribution in [1.82, 2.24) is 10.3 Å². The smallest absolute Gasteiger partial charge is 0.269 e. The maximum atomic E-state index is 15.2. The molecule has 2 aliphatic rings. The Labute approximate surface area is 207 Å². The summed E-state index contributed by atoms with van der Waals surface area (Å²) in [7, 11) is 4.03. The van der Waals surface area contributed by atoms with Gasteiger partial charge in [-0.15, -0.1) is 0 Å². The molecular formula is C26H26F2N4O4. The minimum Gasteiger partial charge on any atom is -0.493 e. The first kappa shape index (κ1) is 25.0. The molecule has 0 saturated heterocycles. The van der Waals surface area contributed by atoms with Gasteiger partial charge < -0.3 is 19.7 Å². The summed E-state index contributed by atoms with van der Waals surface area (Å²) in [5.41, 5.74) is 1.39. The van der Waals surface area contributed by atoms with Crippen LogP contribution >= 0.6 is 0 Å². The summed E-state index contributed by atoms with van der Waals surface area (Å²) in [5.74, 6) is -3.12. The first-order chi connectivity index (χ1) is 17.2. The van der Waals surface area contributed by atoms with Crippen molar-refractivity contribution in [3.05, 3.63) is 64.5 Å². The van der Waals surface area contributed by atoms with Gasteiger partial charge in [-0.1, -0.05) is 0 Å². The van der Waals surface area contributed by atoms with Crippen LogP contribution in [-0.2, 0) is 4.79 Å². The molecule has 2 heterocycles. The zero-order valence-electron chi connectivity index (χ0n) is 20.4. The van der Waals surface area contributed by atoms with Gasteiger partial charge in [0.25, 0.3) is 5.91 Å². The minimum atomic E-state index is -0.970. The number of rotatable bonds is 7. The van der Waals surface area contributed by atoms with E-state index in [1.807, 2.05) is 6.92 Å². The summed E-state index contributed by atoms with van der Waals surface area (Å²) < 4.78 is 40.5. The van der Waals surface area contributed by atoms with Crippen LogP contribution in [0, 0.1) is 17.0 Å². The van der Waals surface area contributed by atoms with E-state index in [0.29, 0.717) is 24.1 Å². The van der Waals surface area contributed by atoms with Gasteiger partial charge in [0.1, 0.15) is 11.4 Å². The number of aliphatic imine (C=N–C) groups is 1. The number of carbonyl (C=O) groups is 2. The standard InChI is InChI=1S/C26H26F2N4O4/c1-14-13-32(23-21(27)19(35-4)11-20(36-5)22(23)28)25(34)26(8-9-26)16(14)10-18(29-2)15-6-7-17(31-12-15)24(33)30-3/h6-7,10-12H,2,8-9,13H2,1,3-5H3,(H,30,33)/b18-10-. The number of allylic oxidation sites excluding steroid dienone is 1. The lowest BCUT2D eigenvalue weighted by Gasteiger charge is -2.35. The van der Waals surface area contributed by atoms with E-state index in [1.54, 1.807) is 18.2 Å². The van der Waals surface area contributed by atoms with Crippen molar-refractivity contribution in [3.63, 3.8) is 0 Å². The molecule has 0 bridgehead atoms. The highest BCUT2D eigenvalue weighted by molar-refractivity contribution is 6.04. The van der Waals surface area contributed by atoms with Crippen LogP contribution in [-0.4, -0.2) is 51.3 Å². The Morgan fingerprint density at radius 1 is 1.22 bits per heavy atom. The highest BCUT2D eigenvalue weighted by atomic mass is 19.1. The second-order valence-electron chi connectivity index (χ2n) is 8.62. The second-order valence-corrected chi connectivity index (χ2v) is 8.62. The maximum Gasteiger partial charge on any atom is 0.269 e. The maximum absolute atomic E-state index is 15.2. The molecule has 1 fully saturated rings. The molecule has 1 aliphatic carbocycles. The molecule has 10 heteroatoms. The van der Waals surface area contributed by atoms with Gasteiger partial charge in [-0.2, -0.15) is 0 Å². The lowest BCUT2D eigenvalue weighted by molar-refractivity contribution is -0.122. The van der Waals surface area contributed by atoms with Crippen molar-refractivity contribution in [3.8, 4) is 11.5 Å². The van der Waals surface area contributed by atoms with Gasteiger partial charge in [-0.3, -0.25) is 19.6 Å². The fraction of sp³-hybridized carbons (Fsp3) is 0.308. The predicted molar refractivity (Wildman–Crippen MR) is 131 cm³/mol. The van der Waals surface area contributed by atoms with E-state index in [-0.39, 0.29) is 29.6 Å². The van der Waals surface area contributed by atoms with Crippen molar-refractivity contribution >= 4 is 29.9 Å². The third-order valence-corrected chi connectivity index (χ3v) is 6.57. The number of hydrogen-bond donors (Lipinski definition) is 1. The van der Waals surface area contributed by atoms with Crippen LogP contribution in [0.3, 0.4) is 0 Å². The molecule has 0 radical (unpaired) electrons. The second kappa shape index (κ2) is 9.52. The molecule has 4 rings (SSSR count). The van der Waals surface area contributed by atoms with Crippen molar-refractivity contribution in [2.45, 2.75) is 19.8 Å². The number of hydrogen-bond acceptors (Lipinski definition) is 6. The Bertz CT molecular complexity index is 1290. The normalized spacial score (nSPS) is 16.8. The first-order valence-corrected chi connectivity index (χ1v) is 11.2. The molecule has 8 nitrogen and oxygen atoms in total. The van der Waals surface area contributed by atoms with Gasteiger partial charge in [0.2, 0.25) is 5.91 Å². The molecule has 1 aromatic carbocycles. The van der Waals surface area contributed by atoms with Crippen LogP contribution in [0.2, 0.25) is 0 Å². The van der Waals surface area contributed by atoms with Crippen LogP contribution in [0.1, 0.15) is 35.8 Å². The topological polar surface area (TPSA) is 93.1 Å². The number of methoxy groups -OCH3 is 2. The quantitative estimate of drug-likeness (QED) is 0.587. The molecule has 0 unspecified atom stereocenters. The fourth-order valence-electron chi connectivity index (χ4n) is 4.50. The molecule has 1 aromatic heterocycles. The summed E-state index contributed by atoms with van der Waals surface area (Å²) in [6.45, 7) is 5.42. The molecule has 188 valence electrons. The van der Waals surface area contributed by atoms with E-state index >= 15 is 8.78 Å². The lowest BCUT2D eigenvalue weighted by Crippen LogP contribution is -2.44. The number of anilines is 1. The molecule has 2 aromatic rings. The average molecular weight is 497 g/mol. The van der Waals surface area contributed by atoms with E-state index in [4.69, 9.17) is 9.47 Å². The van der Waals surface area contributed by atoms with Gasteiger partial charge in [-0.25, -0.2) is 8.78 Å². The number of amides is 2. The number of carbonyl (C=O) groups excluding carboxylic acids is 2. The molecule has 1 N–H and O–H groups in total.